The lowest BCUT2D eigenvalue weighted by Crippen LogP contribution is -2.34. The molecule has 0 spiro atoms. The Hall–Kier alpha value is -0.760. The van der Waals surface area contributed by atoms with Crippen LogP contribution < -0.4 is 5.73 Å². The molecule has 0 saturated heterocycles. The van der Waals surface area contributed by atoms with Crippen LogP contribution in [-0.4, -0.2) is 36.1 Å². The van der Waals surface area contributed by atoms with Gasteiger partial charge in [-0.2, -0.15) is 0 Å². The van der Waals surface area contributed by atoms with Gasteiger partial charge in [0.1, 0.15) is 6.11 Å². The lowest BCUT2D eigenvalue weighted by molar-refractivity contribution is -0.00302. The minimum atomic E-state index is -0.732. The minimum Gasteiger partial charge on any atom is -0.462 e. The predicted octanol–water partition coefficient (Wildman–Crippen LogP) is -0.955. The van der Waals surface area contributed by atoms with Gasteiger partial charge in [-0.1, -0.05) is 5.92 Å². The third-order valence-electron chi connectivity index (χ3n) is 1.35. The summed E-state index contributed by atoms with van der Waals surface area (Å²) in [5.74, 6) is 2.32. The Balaban J connectivity index is 3.74. The largest absolute Gasteiger partial charge is 0.462 e. The first kappa shape index (κ1) is 10.2. The van der Waals surface area contributed by atoms with Gasteiger partial charge in [0.15, 0.2) is 0 Å². The Labute approximate surface area is 66.0 Å². The molecule has 11 heavy (non-hydrogen) atoms. The predicted molar refractivity (Wildman–Crippen MR) is 40.2 cm³/mol. The number of hydrogen-bond acceptors (Lipinski definition) is 4. The zero-order valence-electron chi connectivity index (χ0n) is 6.45. The van der Waals surface area contributed by atoms with E-state index in [1.165, 1.54) is 7.11 Å². The second-order valence-corrected chi connectivity index (χ2v) is 2.07. The standard InChI is InChI=1S/C7H13NO3/c1-11-7(5-8)6(10)3-2-4-9/h6-7,9-10H,3,5,8H2,1H3. The quantitative estimate of drug-likeness (QED) is 0.462. The molecule has 64 valence electrons. The van der Waals surface area contributed by atoms with Crippen molar-refractivity contribution in [3.63, 3.8) is 0 Å². The van der Waals surface area contributed by atoms with Crippen LogP contribution in [0, 0.1) is 12.0 Å². The van der Waals surface area contributed by atoms with Crippen LogP contribution in [0.5, 0.6) is 0 Å². The van der Waals surface area contributed by atoms with E-state index in [0.717, 1.165) is 0 Å². The molecule has 0 aromatic rings. The van der Waals surface area contributed by atoms with Gasteiger partial charge in [-0.05, 0) is 0 Å². The minimum absolute atomic E-state index is 0.173. The molecule has 2 unspecified atom stereocenters. The summed E-state index contributed by atoms with van der Waals surface area (Å²) in [7, 11) is 1.47. The molecule has 0 rings (SSSR count). The zero-order valence-corrected chi connectivity index (χ0v) is 6.45. The monoisotopic (exact) mass is 159 g/mol. The van der Waals surface area contributed by atoms with Crippen molar-refractivity contribution in [1.29, 1.82) is 0 Å². The van der Waals surface area contributed by atoms with Crippen LogP contribution >= 0.6 is 0 Å². The molecular formula is C7H13NO3. The summed E-state index contributed by atoms with van der Waals surface area (Å²) < 4.78 is 4.83. The van der Waals surface area contributed by atoms with Crippen molar-refractivity contribution in [3.05, 3.63) is 0 Å². The number of methoxy groups -OCH3 is 1. The number of aliphatic hydroxyl groups is 2. The normalized spacial score (nSPS) is 14.8. The third kappa shape index (κ3) is 3.83. The summed E-state index contributed by atoms with van der Waals surface area (Å²) in [6.45, 7) is 0.241. The van der Waals surface area contributed by atoms with Crippen molar-refractivity contribution < 1.29 is 14.9 Å². The average Bonchev–Trinajstić information content (AvgIpc) is 2.03. The number of hydrogen-bond donors (Lipinski definition) is 3. The molecule has 4 heteroatoms. The summed E-state index contributed by atoms with van der Waals surface area (Å²) in [5, 5.41) is 17.3. The van der Waals surface area contributed by atoms with E-state index >= 15 is 0 Å². The van der Waals surface area contributed by atoms with Crippen molar-refractivity contribution in [2.75, 3.05) is 13.7 Å². The molecule has 0 amide bonds. The highest BCUT2D eigenvalue weighted by atomic mass is 16.5. The first-order chi connectivity index (χ1) is 5.26. The lowest BCUT2D eigenvalue weighted by Gasteiger charge is -2.17. The molecule has 0 fully saturated rings. The van der Waals surface area contributed by atoms with Crippen molar-refractivity contribution in [2.24, 2.45) is 5.73 Å². The zero-order chi connectivity index (χ0) is 8.69. The highest BCUT2D eigenvalue weighted by Crippen LogP contribution is 1.99. The van der Waals surface area contributed by atoms with Gasteiger partial charge in [0.2, 0.25) is 0 Å². The SMILES string of the molecule is COC(CN)C(O)CC#CO. The smallest absolute Gasteiger partial charge is 0.107 e. The first-order valence-electron chi connectivity index (χ1n) is 3.29. The van der Waals surface area contributed by atoms with Crippen molar-refractivity contribution >= 4 is 0 Å². The fourth-order valence-corrected chi connectivity index (χ4v) is 0.692. The summed E-state index contributed by atoms with van der Waals surface area (Å²) in [6, 6.07) is 0. The van der Waals surface area contributed by atoms with Crippen LogP contribution in [0.2, 0.25) is 0 Å². The molecule has 0 bridgehead atoms. The molecule has 0 aromatic heterocycles. The van der Waals surface area contributed by atoms with E-state index in [9.17, 15) is 5.11 Å². The Morgan fingerprint density at radius 3 is 2.64 bits per heavy atom. The van der Waals surface area contributed by atoms with Crippen LogP contribution in [-0.2, 0) is 4.74 Å². The van der Waals surface area contributed by atoms with Gasteiger partial charge in [0, 0.05) is 20.1 Å². The second-order valence-electron chi connectivity index (χ2n) is 2.07. The molecule has 0 aliphatic heterocycles. The Morgan fingerprint density at radius 2 is 2.27 bits per heavy atom. The second kappa shape index (κ2) is 5.98. The molecule has 0 radical (unpaired) electrons. The number of aliphatic hydroxyl groups excluding tert-OH is 2. The number of rotatable bonds is 4. The Morgan fingerprint density at radius 1 is 1.64 bits per heavy atom. The summed E-state index contributed by atoms with van der Waals surface area (Å²) in [5.41, 5.74) is 5.26. The van der Waals surface area contributed by atoms with E-state index in [1.54, 1.807) is 6.11 Å². The molecule has 0 heterocycles. The van der Waals surface area contributed by atoms with E-state index in [0.29, 0.717) is 0 Å². The molecule has 0 aliphatic carbocycles. The van der Waals surface area contributed by atoms with Crippen LogP contribution in [0.4, 0.5) is 0 Å². The molecule has 4 N–H and O–H groups in total. The van der Waals surface area contributed by atoms with E-state index in [1.807, 2.05) is 0 Å². The van der Waals surface area contributed by atoms with E-state index in [4.69, 9.17) is 15.6 Å². The summed E-state index contributed by atoms with van der Waals surface area (Å²) >= 11 is 0. The third-order valence-corrected chi connectivity index (χ3v) is 1.35. The van der Waals surface area contributed by atoms with Crippen LogP contribution in [0.15, 0.2) is 0 Å². The maximum Gasteiger partial charge on any atom is 0.107 e. The number of ether oxygens (including phenoxy) is 1. The Kier molecular flexibility index (Phi) is 5.57. The topological polar surface area (TPSA) is 75.7 Å². The average molecular weight is 159 g/mol. The van der Waals surface area contributed by atoms with E-state index in [-0.39, 0.29) is 13.0 Å². The molecule has 2 atom stereocenters. The molecular weight excluding hydrogens is 146 g/mol. The molecule has 0 saturated carbocycles. The Bertz CT molecular complexity index is 146. The number of nitrogens with two attached hydrogens (primary N) is 1. The van der Waals surface area contributed by atoms with Crippen LogP contribution in [0.25, 0.3) is 0 Å². The van der Waals surface area contributed by atoms with Crippen molar-refractivity contribution in [2.45, 2.75) is 18.6 Å². The summed E-state index contributed by atoms with van der Waals surface area (Å²) in [4.78, 5) is 0. The molecule has 0 aromatic carbocycles. The van der Waals surface area contributed by atoms with Crippen molar-refractivity contribution in [1.82, 2.24) is 0 Å². The first-order valence-corrected chi connectivity index (χ1v) is 3.29. The fourth-order valence-electron chi connectivity index (χ4n) is 0.692. The molecule has 0 aliphatic rings. The van der Waals surface area contributed by atoms with E-state index < -0.39 is 12.2 Å². The summed E-state index contributed by atoms with van der Waals surface area (Å²) in [6.07, 6.45) is 0.730. The van der Waals surface area contributed by atoms with Crippen LogP contribution in [0.1, 0.15) is 6.42 Å². The van der Waals surface area contributed by atoms with E-state index in [2.05, 4.69) is 5.92 Å². The maximum atomic E-state index is 9.22. The highest BCUT2D eigenvalue weighted by Gasteiger charge is 2.15. The molecule has 4 nitrogen and oxygen atoms in total. The lowest BCUT2D eigenvalue weighted by atomic mass is 10.1. The fraction of sp³-hybridized carbons (Fsp3) is 0.714. The van der Waals surface area contributed by atoms with Gasteiger partial charge in [-0.25, -0.2) is 0 Å². The van der Waals surface area contributed by atoms with Gasteiger partial charge in [0.25, 0.3) is 0 Å². The van der Waals surface area contributed by atoms with Gasteiger partial charge in [-0.15, -0.1) is 0 Å². The van der Waals surface area contributed by atoms with Gasteiger partial charge >= 0.3 is 0 Å². The van der Waals surface area contributed by atoms with Gasteiger partial charge in [-0.3, -0.25) is 0 Å². The van der Waals surface area contributed by atoms with Gasteiger partial charge in [0.05, 0.1) is 12.2 Å². The van der Waals surface area contributed by atoms with Gasteiger partial charge < -0.3 is 20.7 Å². The highest BCUT2D eigenvalue weighted by molar-refractivity contribution is 4.93. The maximum absolute atomic E-state index is 9.22. The van der Waals surface area contributed by atoms with Crippen LogP contribution in [0.3, 0.4) is 0 Å². The van der Waals surface area contributed by atoms with Crippen molar-refractivity contribution in [3.8, 4) is 12.0 Å².